The summed E-state index contributed by atoms with van der Waals surface area (Å²) in [4.78, 5) is 18.5. The minimum absolute atomic E-state index is 0.198. The Labute approximate surface area is 115 Å². The number of H-pyrrole nitrogens is 1. The second-order valence-corrected chi connectivity index (χ2v) is 6.52. The van der Waals surface area contributed by atoms with Crippen LogP contribution in [0.1, 0.15) is 19.7 Å². The first-order valence-corrected chi connectivity index (χ1v) is 6.92. The summed E-state index contributed by atoms with van der Waals surface area (Å²) in [5.74, 6) is 0.857. The molecule has 102 valence electrons. The lowest BCUT2D eigenvalue weighted by Gasteiger charge is -2.17. The van der Waals surface area contributed by atoms with E-state index in [1.54, 1.807) is 32.0 Å². The van der Waals surface area contributed by atoms with Crippen LogP contribution in [0.3, 0.4) is 0 Å². The number of aromatic nitrogens is 2. The van der Waals surface area contributed by atoms with E-state index in [1.165, 1.54) is 11.8 Å². The number of carbonyl (C=O) groups is 1. The van der Waals surface area contributed by atoms with E-state index < -0.39 is 10.7 Å². The fourth-order valence-electron chi connectivity index (χ4n) is 1.63. The highest BCUT2D eigenvalue weighted by Crippen LogP contribution is 2.25. The summed E-state index contributed by atoms with van der Waals surface area (Å²) in [6, 6.07) is 4.97. The van der Waals surface area contributed by atoms with Crippen molar-refractivity contribution in [1.29, 1.82) is 0 Å². The van der Waals surface area contributed by atoms with Gasteiger partial charge in [0, 0.05) is 18.2 Å². The van der Waals surface area contributed by atoms with Gasteiger partial charge in [-0.15, -0.1) is 11.8 Å². The first-order valence-electron chi connectivity index (χ1n) is 5.93. The van der Waals surface area contributed by atoms with Gasteiger partial charge in [0.1, 0.15) is 16.3 Å². The number of hydrogen-bond acceptors (Lipinski definition) is 4. The molecule has 1 aromatic heterocycles. The van der Waals surface area contributed by atoms with Crippen LogP contribution in [0.4, 0.5) is 0 Å². The molecule has 5 nitrogen and oxygen atoms in total. The van der Waals surface area contributed by atoms with Gasteiger partial charge < -0.3 is 15.2 Å². The van der Waals surface area contributed by atoms with Crippen molar-refractivity contribution in [3.63, 3.8) is 0 Å². The highest BCUT2D eigenvalue weighted by atomic mass is 32.2. The van der Waals surface area contributed by atoms with Gasteiger partial charge in [-0.25, -0.2) is 4.98 Å². The number of benzene rings is 1. The molecular formula is C13H16N2O3S. The summed E-state index contributed by atoms with van der Waals surface area (Å²) in [7, 11) is 0. The molecule has 2 aromatic rings. The number of aliphatic carboxylic acids is 1. The minimum Gasteiger partial charge on any atom is -0.508 e. The maximum absolute atomic E-state index is 11.0. The quantitative estimate of drug-likeness (QED) is 0.783. The fourth-order valence-corrected chi connectivity index (χ4v) is 2.56. The van der Waals surface area contributed by atoms with Crippen molar-refractivity contribution in [3.8, 4) is 5.75 Å². The number of carboxylic acids is 1. The van der Waals surface area contributed by atoms with Crippen LogP contribution in [0.15, 0.2) is 18.2 Å². The van der Waals surface area contributed by atoms with E-state index in [4.69, 9.17) is 5.11 Å². The first kappa shape index (κ1) is 13.7. The van der Waals surface area contributed by atoms with Crippen molar-refractivity contribution in [1.82, 2.24) is 9.97 Å². The van der Waals surface area contributed by atoms with Gasteiger partial charge >= 0.3 is 5.97 Å². The van der Waals surface area contributed by atoms with Crippen molar-refractivity contribution in [2.45, 2.75) is 25.0 Å². The minimum atomic E-state index is -0.813. The summed E-state index contributed by atoms with van der Waals surface area (Å²) in [6.45, 7) is 3.38. The fraction of sp³-hybridized carbons (Fsp3) is 0.385. The number of carboxylic acid groups (broad SMARTS) is 1. The van der Waals surface area contributed by atoms with E-state index in [-0.39, 0.29) is 5.75 Å². The Morgan fingerprint density at radius 3 is 2.89 bits per heavy atom. The normalized spacial score (nSPS) is 11.9. The number of phenols is 1. The van der Waals surface area contributed by atoms with Crippen LogP contribution in [0.2, 0.25) is 0 Å². The summed E-state index contributed by atoms with van der Waals surface area (Å²) >= 11 is 1.39. The Morgan fingerprint density at radius 1 is 1.47 bits per heavy atom. The predicted molar refractivity (Wildman–Crippen MR) is 75.6 cm³/mol. The average Bonchev–Trinajstić information content (AvgIpc) is 2.70. The number of rotatable bonds is 5. The zero-order valence-electron chi connectivity index (χ0n) is 10.8. The van der Waals surface area contributed by atoms with Gasteiger partial charge in [-0.3, -0.25) is 4.79 Å². The van der Waals surface area contributed by atoms with Crippen LogP contribution in [0, 0.1) is 0 Å². The average molecular weight is 280 g/mol. The predicted octanol–water partition coefficient (Wildman–Crippen LogP) is 2.41. The third-order valence-electron chi connectivity index (χ3n) is 2.83. The zero-order chi connectivity index (χ0) is 14.0. The number of phenolic OH excluding ortho intramolecular Hbond substituents is 1. The van der Waals surface area contributed by atoms with E-state index in [1.807, 2.05) is 0 Å². The molecule has 3 N–H and O–H groups in total. The van der Waals surface area contributed by atoms with Gasteiger partial charge in [-0.05, 0) is 26.0 Å². The monoisotopic (exact) mass is 280 g/mol. The molecule has 0 radical (unpaired) electrons. The summed E-state index contributed by atoms with van der Waals surface area (Å²) in [6.07, 6.45) is 0.664. The van der Waals surface area contributed by atoms with Crippen molar-refractivity contribution >= 4 is 28.8 Å². The SMILES string of the molecule is CC(C)(SCCc1nc2ccc(O)cc2[nH]1)C(=O)O. The number of nitrogens with one attached hydrogen (secondary N) is 1. The zero-order valence-corrected chi connectivity index (χ0v) is 11.6. The number of aryl methyl sites for hydroxylation is 1. The molecule has 0 aliphatic heterocycles. The standard InChI is InChI=1S/C13H16N2O3S/c1-13(2,12(17)18)19-6-5-11-14-9-4-3-8(16)7-10(9)15-11/h3-4,7,16H,5-6H2,1-2H3,(H,14,15)(H,17,18). The number of aromatic amines is 1. The molecule has 6 heteroatoms. The molecule has 1 heterocycles. The topological polar surface area (TPSA) is 86.2 Å². The van der Waals surface area contributed by atoms with Crippen LogP contribution in [-0.4, -0.2) is 36.7 Å². The molecule has 1 aromatic carbocycles. The molecule has 2 rings (SSSR count). The van der Waals surface area contributed by atoms with Crippen LogP contribution >= 0.6 is 11.8 Å². The van der Waals surface area contributed by atoms with Gasteiger partial charge in [-0.2, -0.15) is 0 Å². The molecule has 0 unspecified atom stereocenters. The number of hydrogen-bond donors (Lipinski definition) is 3. The molecule has 19 heavy (non-hydrogen) atoms. The van der Waals surface area contributed by atoms with Gasteiger partial charge in [0.25, 0.3) is 0 Å². The molecule has 0 amide bonds. The van der Waals surface area contributed by atoms with Crippen LogP contribution < -0.4 is 0 Å². The molecule has 0 fully saturated rings. The highest BCUT2D eigenvalue weighted by molar-refractivity contribution is 8.01. The second kappa shape index (κ2) is 5.13. The molecule has 0 saturated carbocycles. The van der Waals surface area contributed by atoms with Crippen LogP contribution in [0.5, 0.6) is 5.75 Å². The summed E-state index contributed by atoms with van der Waals surface area (Å²) < 4.78 is -0.787. The Balaban J connectivity index is 2.00. The van der Waals surface area contributed by atoms with E-state index >= 15 is 0 Å². The van der Waals surface area contributed by atoms with Gasteiger partial charge in [0.15, 0.2) is 0 Å². The Kier molecular flexibility index (Phi) is 3.71. The number of thioether (sulfide) groups is 1. The lowest BCUT2D eigenvalue weighted by molar-refractivity contribution is -0.138. The van der Waals surface area contributed by atoms with Gasteiger partial charge in [0.2, 0.25) is 0 Å². The maximum atomic E-state index is 11.0. The second-order valence-electron chi connectivity index (χ2n) is 4.80. The Morgan fingerprint density at radius 2 is 2.21 bits per heavy atom. The Hall–Kier alpha value is -1.69. The third-order valence-corrected chi connectivity index (χ3v) is 4.14. The molecule has 0 aliphatic rings. The van der Waals surface area contributed by atoms with Crippen molar-refractivity contribution in [2.24, 2.45) is 0 Å². The van der Waals surface area contributed by atoms with Crippen LogP contribution in [-0.2, 0) is 11.2 Å². The summed E-state index contributed by atoms with van der Waals surface area (Å²) in [5, 5.41) is 18.4. The van der Waals surface area contributed by atoms with Crippen LogP contribution in [0.25, 0.3) is 11.0 Å². The van der Waals surface area contributed by atoms with Gasteiger partial charge in [-0.1, -0.05) is 0 Å². The number of aromatic hydroxyl groups is 1. The largest absolute Gasteiger partial charge is 0.508 e. The van der Waals surface area contributed by atoms with E-state index in [0.717, 1.165) is 16.9 Å². The smallest absolute Gasteiger partial charge is 0.319 e. The van der Waals surface area contributed by atoms with E-state index in [2.05, 4.69) is 9.97 Å². The Bertz CT molecular complexity index is 607. The molecule has 0 bridgehead atoms. The molecule has 0 saturated heterocycles. The molecule has 0 aliphatic carbocycles. The van der Waals surface area contributed by atoms with E-state index in [0.29, 0.717) is 12.2 Å². The maximum Gasteiger partial charge on any atom is 0.319 e. The number of imidazole rings is 1. The first-order chi connectivity index (χ1) is 8.88. The summed E-state index contributed by atoms with van der Waals surface area (Å²) in [5.41, 5.74) is 1.59. The molecule has 0 spiro atoms. The third kappa shape index (κ3) is 3.20. The van der Waals surface area contributed by atoms with Crippen molar-refractivity contribution in [3.05, 3.63) is 24.0 Å². The number of fused-ring (bicyclic) bond motifs is 1. The lowest BCUT2D eigenvalue weighted by Crippen LogP contribution is -2.27. The highest BCUT2D eigenvalue weighted by Gasteiger charge is 2.27. The van der Waals surface area contributed by atoms with Crippen molar-refractivity contribution < 1.29 is 15.0 Å². The van der Waals surface area contributed by atoms with Crippen molar-refractivity contribution in [2.75, 3.05) is 5.75 Å². The van der Waals surface area contributed by atoms with Gasteiger partial charge in [0.05, 0.1) is 11.0 Å². The molecule has 0 atom stereocenters. The van der Waals surface area contributed by atoms with E-state index in [9.17, 15) is 9.90 Å². The molecular weight excluding hydrogens is 264 g/mol. The lowest BCUT2D eigenvalue weighted by atomic mass is 10.2. The number of nitrogens with zero attached hydrogens (tertiary/aromatic N) is 1.